The smallest absolute Gasteiger partial charge is 0.196 e. The first-order chi connectivity index (χ1) is 8.47. The zero-order valence-corrected chi connectivity index (χ0v) is 9.89. The number of aromatic nitrogens is 2. The van der Waals surface area contributed by atoms with Crippen LogP contribution in [0.1, 0.15) is 5.82 Å². The van der Waals surface area contributed by atoms with Crippen molar-refractivity contribution in [3.63, 3.8) is 0 Å². The summed E-state index contributed by atoms with van der Waals surface area (Å²) in [6.45, 7) is 1.60. The van der Waals surface area contributed by atoms with Gasteiger partial charge in [-0.25, -0.2) is 23.1 Å². The maximum atomic E-state index is 13.4. The van der Waals surface area contributed by atoms with Crippen LogP contribution in [0.5, 0.6) is 0 Å². The van der Waals surface area contributed by atoms with E-state index in [0.29, 0.717) is 5.82 Å². The minimum atomic E-state index is -1.54. The highest BCUT2D eigenvalue weighted by Gasteiger charge is 2.14. The first kappa shape index (κ1) is 12.6. The molecular formula is C11H7ClF3N3. The van der Waals surface area contributed by atoms with Gasteiger partial charge in [0.25, 0.3) is 0 Å². The summed E-state index contributed by atoms with van der Waals surface area (Å²) in [7, 11) is 0. The van der Waals surface area contributed by atoms with Gasteiger partial charge in [-0.3, -0.25) is 0 Å². The van der Waals surface area contributed by atoms with Crippen molar-refractivity contribution >= 4 is 23.1 Å². The molecule has 0 fully saturated rings. The molecule has 0 aliphatic carbocycles. The Bertz CT molecular complexity index is 584. The van der Waals surface area contributed by atoms with Crippen LogP contribution in [0.15, 0.2) is 18.2 Å². The van der Waals surface area contributed by atoms with Gasteiger partial charge in [-0.05, 0) is 19.1 Å². The molecule has 0 amide bonds. The van der Waals surface area contributed by atoms with Crippen molar-refractivity contribution in [1.82, 2.24) is 9.97 Å². The molecule has 1 heterocycles. The zero-order valence-electron chi connectivity index (χ0n) is 9.14. The lowest BCUT2D eigenvalue weighted by atomic mass is 10.3. The van der Waals surface area contributed by atoms with Gasteiger partial charge >= 0.3 is 0 Å². The molecule has 0 bridgehead atoms. The minimum absolute atomic E-state index is 0.160. The van der Waals surface area contributed by atoms with Crippen molar-refractivity contribution in [2.24, 2.45) is 0 Å². The fourth-order valence-corrected chi connectivity index (χ4v) is 1.58. The number of rotatable bonds is 2. The summed E-state index contributed by atoms with van der Waals surface area (Å²) in [6, 6.07) is 3.23. The van der Waals surface area contributed by atoms with Gasteiger partial charge in [0.05, 0.1) is 5.69 Å². The van der Waals surface area contributed by atoms with Gasteiger partial charge in [0.1, 0.15) is 16.8 Å². The molecule has 0 atom stereocenters. The fourth-order valence-electron chi connectivity index (χ4n) is 1.36. The number of hydrogen-bond donors (Lipinski definition) is 1. The normalized spacial score (nSPS) is 10.5. The number of aryl methyl sites for hydroxylation is 1. The third-order valence-electron chi connectivity index (χ3n) is 2.10. The second-order valence-electron chi connectivity index (χ2n) is 3.47. The number of hydrogen-bond acceptors (Lipinski definition) is 3. The van der Waals surface area contributed by atoms with Crippen LogP contribution >= 0.6 is 11.6 Å². The van der Waals surface area contributed by atoms with E-state index in [1.54, 1.807) is 6.92 Å². The van der Waals surface area contributed by atoms with E-state index in [9.17, 15) is 13.2 Å². The Kier molecular flexibility index (Phi) is 3.38. The molecule has 0 saturated carbocycles. The summed E-state index contributed by atoms with van der Waals surface area (Å²) < 4.78 is 39.1. The Labute approximate surface area is 106 Å². The number of benzene rings is 1. The number of anilines is 2. The van der Waals surface area contributed by atoms with Crippen LogP contribution in [0.3, 0.4) is 0 Å². The molecule has 0 saturated heterocycles. The van der Waals surface area contributed by atoms with E-state index in [-0.39, 0.29) is 16.7 Å². The molecule has 1 N–H and O–H groups in total. The Morgan fingerprint density at radius 3 is 2.50 bits per heavy atom. The Morgan fingerprint density at radius 2 is 1.83 bits per heavy atom. The molecule has 0 unspecified atom stereocenters. The predicted molar refractivity (Wildman–Crippen MR) is 61.4 cm³/mol. The first-order valence-corrected chi connectivity index (χ1v) is 5.27. The Hall–Kier alpha value is -1.82. The van der Waals surface area contributed by atoms with Gasteiger partial charge in [-0.1, -0.05) is 11.6 Å². The molecule has 2 rings (SSSR count). The minimum Gasteiger partial charge on any atom is -0.338 e. The van der Waals surface area contributed by atoms with E-state index in [1.165, 1.54) is 6.07 Å². The van der Waals surface area contributed by atoms with Gasteiger partial charge in [-0.15, -0.1) is 0 Å². The Morgan fingerprint density at radius 1 is 1.11 bits per heavy atom. The highest BCUT2D eigenvalue weighted by molar-refractivity contribution is 6.29. The standard InChI is InChI=1S/C11H7ClF3N3/c1-5-16-8(12)4-9(17-5)18-7-3-2-6(13)10(14)11(7)15/h2-4H,1H3,(H,16,17,18). The van der Waals surface area contributed by atoms with Crippen molar-refractivity contribution in [2.75, 3.05) is 5.32 Å². The van der Waals surface area contributed by atoms with E-state index < -0.39 is 17.5 Å². The number of halogens is 4. The van der Waals surface area contributed by atoms with Crippen LogP contribution in [0.4, 0.5) is 24.7 Å². The van der Waals surface area contributed by atoms with Gasteiger partial charge in [0, 0.05) is 6.07 Å². The molecule has 3 nitrogen and oxygen atoms in total. The van der Waals surface area contributed by atoms with Crippen LogP contribution in [-0.4, -0.2) is 9.97 Å². The maximum Gasteiger partial charge on any atom is 0.196 e. The molecule has 18 heavy (non-hydrogen) atoms. The largest absolute Gasteiger partial charge is 0.338 e. The van der Waals surface area contributed by atoms with E-state index in [2.05, 4.69) is 15.3 Å². The first-order valence-electron chi connectivity index (χ1n) is 4.89. The second kappa shape index (κ2) is 4.81. The van der Waals surface area contributed by atoms with E-state index >= 15 is 0 Å². The lowest BCUT2D eigenvalue weighted by molar-refractivity contribution is 0.449. The maximum absolute atomic E-state index is 13.4. The van der Waals surface area contributed by atoms with Gasteiger partial charge in [0.15, 0.2) is 17.5 Å². The van der Waals surface area contributed by atoms with Crippen LogP contribution in [0.25, 0.3) is 0 Å². The molecule has 1 aromatic carbocycles. The summed E-state index contributed by atoms with van der Waals surface area (Å²) >= 11 is 5.69. The number of nitrogens with zero attached hydrogens (tertiary/aromatic N) is 2. The molecule has 0 aliphatic rings. The Balaban J connectivity index is 2.37. The average Bonchev–Trinajstić information content (AvgIpc) is 2.29. The van der Waals surface area contributed by atoms with Crippen molar-refractivity contribution in [3.05, 3.63) is 46.6 Å². The van der Waals surface area contributed by atoms with Crippen molar-refractivity contribution in [1.29, 1.82) is 0 Å². The summed E-state index contributed by atoms with van der Waals surface area (Å²) in [5.41, 5.74) is -0.233. The topological polar surface area (TPSA) is 37.8 Å². The average molecular weight is 274 g/mol. The van der Waals surface area contributed by atoms with Crippen LogP contribution in [0, 0.1) is 24.4 Å². The summed E-state index contributed by atoms with van der Waals surface area (Å²) in [6.07, 6.45) is 0. The van der Waals surface area contributed by atoms with E-state index in [0.717, 1.165) is 12.1 Å². The molecule has 1 aromatic heterocycles. The highest BCUT2D eigenvalue weighted by atomic mass is 35.5. The number of nitrogens with one attached hydrogen (secondary N) is 1. The van der Waals surface area contributed by atoms with Crippen molar-refractivity contribution in [2.45, 2.75) is 6.92 Å². The zero-order chi connectivity index (χ0) is 13.3. The molecule has 94 valence electrons. The second-order valence-corrected chi connectivity index (χ2v) is 3.86. The third kappa shape index (κ3) is 2.53. The summed E-state index contributed by atoms with van der Waals surface area (Å²) in [5, 5.41) is 2.66. The molecule has 7 heteroatoms. The fraction of sp³-hybridized carbons (Fsp3) is 0.0909. The van der Waals surface area contributed by atoms with Crippen LogP contribution in [-0.2, 0) is 0 Å². The highest BCUT2D eigenvalue weighted by Crippen LogP contribution is 2.23. The molecule has 0 spiro atoms. The van der Waals surface area contributed by atoms with Crippen molar-refractivity contribution < 1.29 is 13.2 Å². The monoisotopic (exact) mass is 273 g/mol. The summed E-state index contributed by atoms with van der Waals surface area (Å²) in [5.74, 6) is -3.56. The van der Waals surface area contributed by atoms with E-state index in [1.807, 2.05) is 0 Å². The third-order valence-corrected chi connectivity index (χ3v) is 2.30. The lowest BCUT2D eigenvalue weighted by Gasteiger charge is -2.08. The van der Waals surface area contributed by atoms with Crippen LogP contribution < -0.4 is 5.32 Å². The molecule has 0 aliphatic heterocycles. The van der Waals surface area contributed by atoms with Gasteiger partial charge in [0.2, 0.25) is 0 Å². The van der Waals surface area contributed by atoms with Crippen molar-refractivity contribution in [3.8, 4) is 0 Å². The van der Waals surface area contributed by atoms with Gasteiger partial charge < -0.3 is 5.32 Å². The summed E-state index contributed by atoms with van der Waals surface area (Å²) in [4.78, 5) is 7.75. The van der Waals surface area contributed by atoms with Gasteiger partial charge in [-0.2, -0.15) is 0 Å². The van der Waals surface area contributed by atoms with Crippen LogP contribution in [0.2, 0.25) is 5.15 Å². The molecule has 2 aromatic rings. The lowest BCUT2D eigenvalue weighted by Crippen LogP contribution is -2.01. The van der Waals surface area contributed by atoms with E-state index in [4.69, 9.17) is 11.6 Å². The molecular weight excluding hydrogens is 267 g/mol. The quantitative estimate of drug-likeness (QED) is 0.671. The SMILES string of the molecule is Cc1nc(Cl)cc(Nc2ccc(F)c(F)c2F)n1. The molecule has 0 radical (unpaired) electrons. The predicted octanol–water partition coefficient (Wildman–Crippen LogP) is 3.60.